The van der Waals surface area contributed by atoms with Gasteiger partial charge in [-0.3, -0.25) is 14.4 Å². The zero-order chi connectivity index (χ0) is 22.5. The summed E-state index contributed by atoms with van der Waals surface area (Å²) in [6.45, 7) is 8.27. The van der Waals surface area contributed by atoms with Crippen molar-refractivity contribution in [3.8, 4) is 11.1 Å². The molecule has 2 atom stereocenters. The Bertz CT molecular complexity index is 999. The first-order valence-corrected chi connectivity index (χ1v) is 10.7. The largest absolute Gasteiger partial charge is 0.483 e. The highest BCUT2D eigenvalue weighted by atomic mass is 16.3. The zero-order valence-corrected chi connectivity index (χ0v) is 18.4. The second-order valence-electron chi connectivity index (χ2n) is 8.76. The molecule has 166 valence electrons. The normalized spacial score (nSPS) is 19.7. The molecule has 0 unspecified atom stereocenters. The van der Waals surface area contributed by atoms with Crippen LogP contribution in [0.4, 0.5) is 0 Å². The van der Waals surface area contributed by atoms with Crippen molar-refractivity contribution in [1.82, 2.24) is 14.8 Å². The molecule has 1 fully saturated rings. The molecule has 0 spiro atoms. The van der Waals surface area contributed by atoms with Gasteiger partial charge in [0.25, 0.3) is 17.9 Å². The number of carboxylic acid groups (broad SMARTS) is 1. The van der Waals surface area contributed by atoms with Gasteiger partial charge in [0.05, 0.1) is 0 Å². The van der Waals surface area contributed by atoms with Gasteiger partial charge in [0, 0.05) is 56.5 Å². The maximum absolute atomic E-state index is 12.9. The molecule has 2 N–H and O–H groups in total. The molecule has 3 heterocycles. The van der Waals surface area contributed by atoms with Crippen LogP contribution >= 0.6 is 0 Å². The second kappa shape index (κ2) is 9.92. The van der Waals surface area contributed by atoms with Crippen LogP contribution in [0.5, 0.6) is 0 Å². The Morgan fingerprint density at radius 2 is 1.94 bits per heavy atom. The van der Waals surface area contributed by atoms with Gasteiger partial charge in [0.1, 0.15) is 0 Å². The molecule has 0 saturated carbocycles. The fourth-order valence-corrected chi connectivity index (χ4v) is 4.95. The lowest BCUT2D eigenvalue weighted by Crippen LogP contribution is -2.48. The summed E-state index contributed by atoms with van der Waals surface area (Å²) < 4.78 is 1.97. The number of hydrogen-bond donors (Lipinski definition) is 2. The summed E-state index contributed by atoms with van der Waals surface area (Å²) in [5.41, 5.74) is 3.44. The van der Waals surface area contributed by atoms with E-state index in [1.807, 2.05) is 28.8 Å². The van der Waals surface area contributed by atoms with Crippen LogP contribution in [0.25, 0.3) is 11.1 Å². The molecular weight excluding hydrogens is 394 g/mol. The van der Waals surface area contributed by atoms with E-state index >= 15 is 0 Å². The number of hydrogen-bond acceptors (Lipinski definition) is 4. The van der Waals surface area contributed by atoms with Gasteiger partial charge < -0.3 is 19.9 Å². The number of nitrogens with zero attached hydrogens (tertiary/aromatic N) is 2. The van der Waals surface area contributed by atoms with Crippen molar-refractivity contribution in [3.63, 3.8) is 0 Å². The molecule has 2 aliphatic rings. The van der Waals surface area contributed by atoms with E-state index < -0.39 is 0 Å². The number of piperidine rings is 1. The van der Waals surface area contributed by atoms with Gasteiger partial charge in [-0.2, -0.15) is 0 Å². The number of benzene rings is 1. The lowest BCUT2D eigenvalue weighted by atomic mass is 9.82. The minimum atomic E-state index is -0.250. The second-order valence-corrected chi connectivity index (χ2v) is 8.76. The van der Waals surface area contributed by atoms with Gasteiger partial charge in [-0.25, -0.2) is 0 Å². The molecule has 2 bridgehead atoms. The molecule has 1 aromatic carbocycles. The van der Waals surface area contributed by atoms with Crippen LogP contribution in [0, 0.1) is 11.8 Å². The van der Waals surface area contributed by atoms with E-state index in [2.05, 4.69) is 30.1 Å². The number of pyridine rings is 1. The summed E-state index contributed by atoms with van der Waals surface area (Å²) in [7, 11) is 1.63. The summed E-state index contributed by atoms with van der Waals surface area (Å²) in [5.74, 6) is 1.44. The Morgan fingerprint density at radius 3 is 2.61 bits per heavy atom. The first-order chi connectivity index (χ1) is 14.9. The van der Waals surface area contributed by atoms with Gasteiger partial charge in [-0.1, -0.05) is 32.0 Å². The van der Waals surface area contributed by atoms with Gasteiger partial charge in [-0.15, -0.1) is 0 Å². The van der Waals surface area contributed by atoms with E-state index in [1.54, 1.807) is 13.1 Å². The Kier molecular flexibility index (Phi) is 7.28. The molecule has 31 heavy (non-hydrogen) atoms. The van der Waals surface area contributed by atoms with Gasteiger partial charge in [0.2, 0.25) is 0 Å². The molecule has 4 rings (SSSR count). The Labute approximate surface area is 182 Å². The van der Waals surface area contributed by atoms with E-state index in [4.69, 9.17) is 9.90 Å². The average molecular weight is 426 g/mol. The predicted octanol–water partition coefficient (Wildman–Crippen LogP) is 2.65. The third-order valence-corrected chi connectivity index (χ3v) is 5.97. The standard InChI is InChI=1S/C23H29N3O2.CH2O2/c1-15(2)11-25-12-16-8-18(14-25)21-9-17(10-22(27)26(21)13-16)19-6-4-5-7-20(19)23(28)24-3;2-1-3/h4-7,9-10,15-16,18H,8,11-14H2,1-3H3,(H,24,28);1H,(H,2,3)/t16-,18+;/m0./s1. The summed E-state index contributed by atoms with van der Waals surface area (Å²) in [5, 5.41) is 9.59. The van der Waals surface area contributed by atoms with Crippen molar-refractivity contribution < 1.29 is 14.7 Å². The van der Waals surface area contributed by atoms with Crippen molar-refractivity contribution in [2.24, 2.45) is 11.8 Å². The summed E-state index contributed by atoms with van der Waals surface area (Å²) in [4.78, 5) is 36.2. The Morgan fingerprint density at radius 1 is 1.23 bits per heavy atom. The van der Waals surface area contributed by atoms with Crippen molar-refractivity contribution in [2.45, 2.75) is 32.7 Å². The quantitative estimate of drug-likeness (QED) is 0.735. The minimum absolute atomic E-state index is 0.0474. The SMILES string of the molecule is CNC(=O)c1ccccc1-c1cc2n(c(=O)c1)C[C@H]1C[C@@H]2CN(CC(C)C)C1.O=CO. The average Bonchev–Trinajstić information content (AvgIpc) is 2.74. The molecule has 1 aromatic heterocycles. The van der Waals surface area contributed by atoms with E-state index in [0.29, 0.717) is 23.3 Å². The Hall–Kier alpha value is -2.93. The summed E-state index contributed by atoms with van der Waals surface area (Å²) >= 11 is 0. The van der Waals surface area contributed by atoms with Crippen LogP contribution in [0.2, 0.25) is 0 Å². The van der Waals surface area contributed by atoms with E-state index in [1.165, 1.54) is 0 Å². The van der Waals surface area contributed by atoms with Crippen LogP contribution < -0.4 is 10.9 Å². The molecule has 0 radical (unpaired) electrons. The fraction of sp³-hybridized carbons (Fsp3) is 0.458. The summed E-state index contributed by atoms with van der Waals surface area (Å²) in [6.07, 6.45) is 1.15. The number of carbonyl (C=O) groups excluding carboxylic acids is 1. The van der Waals surface area contributed by atoms with Crippen molar-refractivity contribution in [3.05, 3.63) is 58.0 Å². The fourth-order valence-electron chi connectivity index (χ4n) is 4.95. The van der Waals surface area contributed by atoms with Gasteiger partial charge in [-0.05, 0) is 41.5 Å². The number of carbonyl (C=O) groups is 2. The van der Waals surface area contributed by atoms with E-state index in [9.17, 15) is 9.59 Å². The highest BCUT2D eigenvalue weighted by molar-refractivity contribution is 6.00. The smallest absolute Gasteiger partial charge is 0.290 e. The van der Waals surface area contributed by atoms with E-state index in [-0.39, 0.29) is 17.9 Å². The van der Waals surface area contributed by atoms with Gasteiger partial charge in [0.15, 0.2) is 0 Å². The highest BCUT2D eigenvalue weighted by Crippen LogP contribution is 2.37. The topological polar surface area (TPSA) is 91.6 Å². The third-order valence-electron chi connectivity index (χ3n) is 5.97. The molecule has 7 heteroatoms. The lowest BCUT2D eigenvalue weighted by Gasteiger charge is -2.43. The number of amides is 1. The third kappa shape index (κ3) is 5.05. The van der Waals surface area contributed by atoms with Crippen LogP contribution in [0.15, 0.2) is 41.2 Å². The maximum atomic E-state index is 12.9. The first-order valence-electron chi connectivity index (χ1n) is 10.7. The molecule has 2 aliphatic heterocycles. The zero-order valence-electron chi connectivity index (χ0n) is 18.4. The molecule has 1 saturated heterocycles. The van der Waals surface area contributed by atoms with Crippen molar-refractivity contribution in [1.29, 1.82) is 0 Å². The minimum Gasteiger partial charge on any atom is -0.483 e. The lowest BCUT2D eigenvalue weighted by molar-refractivity contribution is -0.122. The number of rotatable bonds is 4. The molecule has 0 aliphatic carbocycles. The Balaban J connectivity index is 0.000000858. The monoisotopic (exact) mass is 425 g/mol. The number of likely N-dealkylation sites (tertiary alicyclic amines) is 1. The van der Waals surface area contributed by atoms with Crippen LogP contribution in [-0.2, 0) is 11.3 Å². The van der Waals surface area contributed by atoms with Gasteiger partial charge >= 0.3 is 0 Å². The van der Waals surface area contributed by atoms with Crippen LogP contribution in [-0.4, -0.2) is 53.6 Å². The maximum Gasteiger partial charge on any atom is 0.290 e. The number of aromatic nitrogens is 1. The molecular formula is C24H31N3O4. The summed E-state index contributed by atoms with van der Waals surface area (Å²) in [6, 6.07) is 11.3. The predicted molar refractivity (Wildman–Crippen MR) is 120 cm³/mol. The van der Waals surface area contributed by atoms with E-state index in [0.717, 1.165) is 49.4 Å². The molecule has 2 aromatic rings. The molecule has 1 amide bonds. The number of nitrogens with one attached hydrogen (secondary N) is 1. The number of fused-ring (bicyclic) bond motifs is 4. The first kappa shape index (κ1) is 22.7. The van der Waals surface area contributed by atoms with Crippen molar-refractivity contribution >= 4 is 12.4 Å². The van der Waals surface area contributed by atoms with Crippen LogP contribution in [0.1, 0.15) is 42.2 Å². The van der Waals surface area contributed by atoms with Crippen LogP contribution in [0.3, 0.4) is 0 Å². The highest BCUT2D eigenvalue weighted by Gasteiger charge is 2.35. The van der Waals surface area contributed by atoms with Crippen molar-refractivity contribution in [2.75, 3.05) is 26.7 Å². The molecule has 7 nitrogen and oxygen atoms in total.